The molecule has 1 atom stereocenters. The second-order valence-corrected chi connectivity index (χ2v) is 5.97. The molecule has 0 aliphatic carbocycles. The third kappa shape index (κ3) is 3.32. The number of benzene rings is 2. The van der Waals surface area contributed by atoms with Crippen LogP contribution < -0.4 is 5.73 Å². The minimum atomic E-state index is -1.09. The molecule has 4 rings (SSSR count). The third-order valence-corrected chi connectivity index (χ3v) is 4.10. The van der Waals surface area contributed by atoms with E-state index in [0.717, 1.165) is 11.2 Å². The standard InChI is InChI=1S/C21H15N5O2/c22-20(28)19-16-7-1-2-8-17(16)26(25-19)15-6-3-5-14(13-15)9-10-18(27)21-23-11-4-12-24-21/h1-8,11-13,18,27H,(H2,22,28)/t18-/m1/s1. The van der Waals surface area contributed by atoms with Crippen molar-refractivity contribution in [3.8, 4) is 17.5 Å². The van der Waals surface area contributed by atoms with Crippen LogP contribution in [0.5, 0.6) is 0 Å². The molecule has 2 aromatic heterocycles. The minimum absolute atomic E-state index is 0.212. The van der Waals surface area contributed by atoms with Gasteiger partial charge in [0.2, 0.25) is 0 Å². The summed E-state index contributed by atoms with van der Waals surface area (Å²) < 4.78 is 1.65. The number of hydrogen-bond donors (Lipinski definition) is 2. The fraction of sp³-hybridized carbons (Fsp3) is 0.0476. The molecule has 7 heteroatoms. The van der Waals surface area contributed by atoms with Crippen molar-refractivity contribution in [2.75, 3.05) is 0 Å². The Morgan fingerprint density at radius 2 is 1.86 bits per heavy atom. The molecule has 0 bridgehead atoms. The van der Waals surface area contributed by atoms with Gasteiger partial charge in [0.15, 0.2) is 17.6 Å². The van der Waals surface area contributed by atoms with Gasteiger partial charge in [-0.15, -0.1) is 0 Å². The van der Waals surface area contributed by atoms with Crippen molar-refractivity contribution in [2.45, 2.75) is 6.10 Å². The highest BCUT2D eigenvalue weighted by atomic mass is 16.3. The Kier molecular flexibility index (Phi) is 4.54. The highest BCUT2D eigenvalue weighted by molar-refractivity contribution is 6.04. The zero-order chi connectivity index (χ0) is 19.5. The maximum atomic E-state index is 11.7. The summed E-state index contributed by atoms with van der Waals surface area (Å²) in [5.41, 5.74) is 7.83. The molecule has 0 aliphatic rings. The number of nitrogens with zero attached hydrogens (tertiary/aromatic N) is 4. The van der Waals surface area contributed by atoms with Gasteiger partial charge in [-0.25, -0.2) is 14.6 Å². The van der Waals surface area contributed by atoms with E-state index in [1.807, 2.05) is 42.5 Å². The van der Waals surface area contributed by atoms with E-state index in [1.54, 1.807) is 29.2 Å². The van der Waals surface area contributed by atoms with Gasteiger partial charge in [0.25, 0.3) is 5.91 Å². The molecule has 2 heterocycles. The van der Waals surface area contributed by atoms with Crippen LogP contribution in [0.1, 0.15) is 28.0 Å². The Bertz CT molecular complexity index is 1220. The van der Waals surface area contributed by atoms with E-state index in [-0.39, 0.29) is 11.5 Å². The van der Waals surface area contributed by atoms with Gasteiger partial charge >= 0.3 is 0 Å². The second kappa shape index (κ2) is 7.31. The van der Waals surface area contributed by atoms with E-state index >= 15 is 0 Å². The maximum Gasteiger partial charge on any atom is 0.269 e. The van der Waals surface area contributed by atoms with Crippen LogP contribution in [0.3, 0.4) is 0 Å². The minimum Gasteiger partial charge on any atom is -0.373 e. The number of amides is 1. The number of fused-ring (bicyclic) bond motifs is 1. The van der Waals surface area contributed by atoms with Crippen LogP contribution in [0, 0.1) is 11.8 Å². The maximum absolute atomic E-state index is 11.7. The first kappa shape index (κ1) is 17.4. The van der Waals surface area contributed by atoms with E-state index in [9.17, 15) is 9.90 Å². The van der Waals surface area contributed by atoms with E-state index in [2.05, 4.69) is 26.9 Å². The molecule has 0 spiro atoms. The number of aliphatic hydroxyl groups is 1. The van der Waals surface area contributed by atoms with Gasteiger partial charge in [0.05, 0.1) is 11.2 Å². The van der Waals surface area contributed by atoms with Gasteiger partial charge in [-0.3, -0.25) is 4.79 Å². The molecule has 136 valence electrons. The van der Waals surface area contributed by atoms with E-state index in [4.69, 9.17) is 5.73 Å². The number of primary amides is 1. The number of aliphatic hydroxyl groups excluding tert-OH is 1. The van der Waals surface area contributed by atoms with Gasteiger partial charge in [-0.2, -0.15) is 5.10 Å². The molecule has 0 radical (unpaired) electrons. The predicted molar refractivity (Wildman–Crippen MR) is 103 cm³/mol. The van der Waals surface area contributed by atoms with Gasteiger partial charge in [-0.05, 0) is 30.3 Å². The van der Waals surface area contributed by atoms with Crippen molar-refractivity contribution in [3.63, 3.8) is 0 Å². The molecule has 0 unspecified atom stereocenters. The number of nitrogens with two attached hydrogens (primary N) is 1. The van der Waals surface area contributed by atoms with Crippen molar-refractivity contribution in [1.82, 2.24) is 19.7 Å². The Morgan fingerprint density at radius 3 is 2.64 bits per heavy atom. The summed E-state index contributed by atoms with van der Waals surface area (Å²) in [5.74, 6) is 5.31. The lowest BCUT2D eigenvalue weighted by molar-refractivity contribution is 0.0996. The quantitative estimate of drug-likeness (QED) is 0.537. The van der Waals surface area contributed by atoms with Crippen molar-refractivity contribution < 1.29 is 9.90 Å². The first-order chi connectivity index (χ1) is 13.6. The molecule has 0 saturated carbocycles. The highest BCUT2D eigenvalue weighted by Crippen LogP contribution is 2.22. The van der Waals surface area contributed by atoms with Crippen LogP contribution in [0.4, 0.5) is 0 Å². The molecule has 4 aromatic rings. The van der Waals surface area contributed by atoms with Crippen LogP contribution in [-0.2, 0) is 0 Å². The summed E-state index contributed by atoms with van der Waals surface area (Å²) >= 11 is 0. The zero-order valence-electron chi connectivity index (χ0n) is 14.6. The average Bonchev–Trinajstić information content (AvgIpc) is 3.13. The Labute approximate surface area is 160 Å². The fourth-order valence-electron chi connectivity index (χ4n) is 2.83. The smallest absolute Gasteiger partial charge is 0.269 e. The lowest BCUT2D eigenvalue weighted by Crippen LogP contribution is -2.12. The van der Waals surface area contributed by atoms with Crippen LogP contribution in [0.15, 0.2) is 67.0 Å². The monoisotopic (exact) mass is 369 g/mol. The van der Waals surface area contributed by atoms with Crippen molar-refractivity contribution in [1.29, 1.82) is 0 Å². The van der Waals surface area contributed by atoms with Crippen LogP contribution in [0.25, 0.3) is 16.6 Å². The zero-order valence-corrected chi connectivity index (χ0v) is 14.6. The lowest BCUT2D eigenvalue weighted by atomic mass is 10.1. The van der Waals surface area contributed by atoms with Crippen LogP contribution >= 0.6 is 0 Å². The van der Waals surface area contributed by atoms with E-state index in [0.29, 0.717) is 10.9 Å². The Morgan fingerprint density at radius 1 is 1.07 bits per heavy atom. The van der Waals surface area contributed by atoms with Crippen molar-refractivity contribution in [3.05, 3.63) is 84.1 Å². The molecule has 0 aliphatic heterocycles. The van der Waals surface area contributed by atoms with Gasteiger partial charge in [0, 0.05) is 23.3 Å². The van der Waals surface area contributed by atoms with Crippen molar-refractivity contribution >= 4 is 16.8 Å². The molecular formula is C21H15N5O2. The number of aromatic nitrogens is 4. The van der Waals surface area contributed by atoms with Gasteiger partial charge < -0.3 is 10.8 Å². The summed E-state index contributed by atoms with van der Waals surface area (Å²) in [6.45, 7) is 0. The third-order valence-electron chi connectivity index (χ3n) is 4.10. The van der Waals surface area contributed by atoms with E-state index < -0.39 is 12.0 Å². The lowest BCUT2D eigenvalue weighted by Gasteiger charge is -2.04. The number of para-hydroxylation sites is 1. The van der Waals surface area contributed by atoms with Gasteiger partial charge in [0.1, 0.15) is 0 Å². The Balaban J connectivity index is 1.72. The summed E-state index contributed by atoms with van der Waals surface area (Å²) in [6, 6.07) is 16.3. The topological polar surface area (TPSA) is 107 Å². The summed E-state index contributed by atoms with van der Waals surface area (Å²) in [7, 11) is 0. The molecule has 7 nitrogen and oxygen atoms in total. The van der Waals surface area contributed by atoms with E-state index in [1.165, 1.54) is 0 Å². The summed E-state index contributed by atoms with van der Waals surface area (Å²) in [4.78, 5) is 19.7. The normalized spacial score (nSPS) is 11.6. The Hall–Kier alpha value is -4.02. The molecule has 28 heavy (non-hydrogen) atoms. The molecule has 3 N–H and O–H groups in total. The van der Waals surface area contributed by atoms with Crippen molar-refractivity contribution in [2.24, 2.45) is 5.73 Å². The molecule has 0 saturated heterocycles. The molecule has 0 fully saturated rings. The first-order valence-electron chi connectivity index (χ1n) is 8.48. The number of carbonyl (C=O) groups excluding carboxylic acids is 1. The number of rotatable bonds is 3. The summed E-state index contributed by atoms with van der Waals surface area (Å²) in [6.07, 6.45) is 2.01. The first-order valence-corrected chi connectivity index (χ1v) is 8.48. The van der Waals surface area contributed by atoms with Gasteiger partial charge in [-0.1, -0.05) is 36.1 Å². The largest absolute Gasteiger partial charge is 0.373 e. The summed E-state index contributed by atoms with van der Waals surface area (Å²) in [5, 5.41) is 15.2. The molecule has 2 aromatic carbocycles. The predicted octanol–water partition coefficient (Wildman–Crippen LogP) is 2.00. The molecule has 1 amide bonds. The van der Waals surface area contributed by atoms with Crippen LogP contribution in [0.2, 0.25) is 0 Å². The fourth-order valence-corrected chi connectivity index (χ4v) is 2.83. The van der Waals surface area contributed by atoms with Crippen LogP contribution in [-0.4, -0.2) is 30.8 Å². The number of carbonyl (C=O) groups is 1. The second-order valence-electron chi connectivity index (χ2n) is 5.97. The number of hydrogen-bond acceptors (Lipinski definition) is 5. The average molecular weight is 369 g/mol. The highest BCUT2D eigenvalue weighted by Gasteiger charge is 2.15. The molecular weight excluding hydrogens is 354 g/mol. The SMILES string of the molecule is NC(=O)c1nn(-c2cccc(C#C[C@@H](O)c3ncccn3)c2)c2ccccc12.